The van der Waals surface area contributed by atoms with E-state index in [1.165, 1.54) is 10.5 Å². The average Bonchev–Trinajstić information content (AvgIpc) is 2.89. The van der Waals surface area contributed by atoms with Gasteiger partial charge in [-0.15, -0.1) is 0 Å². The highest BCUT2D eigenvalue weighted by molar-refractivity contribution is 9.10. The van der Waals surface area contributed by atoms with E-state index in [4.69, 9.17) is 4.74 Å². The second kappa shape index (κ2) is 8.31. The van der Waals surface area contributed by atoms with Gasteiger partial charge in [0.05, 0.1) is 9.38 Å². The standard InChI is InChI=1S/C21H20BrNO3S/c1-13(2)23-20(24)19(27-21(23)25)11-16-8-9-18(17(22)10-16)26-12-15-6-4-14(3)5-7-15/h4-11,13H,12H2,1-3H3/b19-11-. The van der Waals surface area contributed by atoms with Crippen LogP contribution in [0.25, 0.3) is 6.08 Å². The van der Waals surface area contributed by atoms with Gasteiger partial charge in [-0.05, 0) is 77.8 Å². The number of imide groups is 1. The Kier molecular flexibility index (Phi) is 6.07. The Balaban J connectivity index is 1.72. The number of benzene rings is 2. The zero-order valence-electron chi connectivity index (χ0n) is 15.4. The van der Waals surface area contributed by atoms with Gasteiger partial charge in [0.15, 0.2) is 0 Å². The van der Waals surface area contributed by atoms with E-state index in [1.807, 2.05) is 44.2 Å². The molecule has 0 unspecified atom stereocenters. The van der Waals surface area contributed by atoms with Gasteiger partial charge in [0.25, 0.3) is 11.1 Å². The maximum absolute atomic E-state index is 12.4. The maximum Gasteiger partial charge on any atom is 0.293 e. The zero-order chi connectivity index (χ0) is 19.6. The van der Waals surface area contributed by atoms with Gasteiger partial charge >= 0.3 is 0 Å². The molecule has 3 rings (SSSR count). The van der Waals surface area contributed by atoms with Crippen LogP contribution in [0.4, 0.5) is 4.79 Å². The summed E-state index contributed by atoms with van der Waals surface area (Å²) in [5, 5.41) is -0.224. The molecule has 2 aromatic rings. The third kappa shape index (κ3) is 4.62. The Morgan fingerprint density at radius 2 is 1.85 bits per heavy atom. The van der Waals surface area contributed by atoms with Crippen LogP contribution < -0.4 is 4.74 Å². The molecule has 1 aliphatic heterocycles. The van der Waals surface area contributed by atoms with Gasteiger partial charge in [0.2, 0.25) is 0 Å². The van der Waals surface area contributed by atoms with Crippen LogP contribution in [0.1, 0.15) is 30.5 Å². The summed E-state index contributed by atoms with van der Waals surface area (Å²) < 4.78 is 6.67. The summed E-state index contributed by atoms with van der Waals surface area (Å²) in [4.78, 5) is 26.1. The monoisotopic (exact) mass is 445 g/mol. The lowest BCUT2D eigenvalue weighted by molar-refractivity contribution is -0.123. The first-order chi connectivity index (χ1) is 12.8. The molecule has 1 saturated heterocycles. The van der Waals surface area contributed by atoms with Crippen LogP contribution in [-0.4, -0.2) is 22.1 Å². The van der Waals surface area contributed by atoms with Crippen LogP contribution in [0.15, 0.2) is 51.8 Å². The molecule has 0 atom stereocenters. The van der Waals surface area contributed by atoms with E-state index < -0.39 is 0 Å². The van der Waals surface area contributed by atoms with E-state index >= 15 is 0 Å². The van der Waals surface area contributed by atoms with Crippen molar-refractivity contribution >= 4 is 44.9 Å². The fourth-order valence-corrected chi connectivity index (χ4v) is 4.12. The molecule has 0 spiro atoms. The molecular formula is C21H20BrNO3S. The molecule has 1 heterocycles. The molecular weight excluding hydrogens is 426 g/mol. The van der Waals surface area contributed by atoms with E-state index in [0.717, 1.165) is 33.1 Å². The predicted octanol–water partition coefficient (Wildman–Crippen LogP) is 5.78. The summed E-state index contributed by atoms with van der Waals surface area (Å²) >= 11 is 4.50. The van der Waals surface area contributed by atoms with Crippen LogP contribution in [0.5, 0.6) is 5.75 Å². The van der Waals surface area contributed by atoms with Gasteiger partial charge in [-0.2, -0.15) is 0 Å². The van der Waals surface area contributed by atoms with Gasteiger partial charge in [-0.25, -0.2) is 0 Å². The summed E-state index contributed by atoms with van der Waals surface area (Å²) in [6.45, 7) is 6.19. The molecule has 0 saturated carbocycles. The van der Waals surface area contributed by atoms with Crippen molar-refractivity contribution in [2.75, 3.05) is 0 Å². The molecule has 27 heavy (non-hydrogen) atoms. The number of thioether (sulfide) groups is 1. The van der Waals surface area contributed by atoms with Crippen molar-refractivity contribution in [1.29, 1.82) is 0 Å². The molecule has 6 heteroatoms. The fourth-order valence-electron chi connectivity index (χ4n) is 2.65. The van der Waals surface area contributed by atoms with E-state index in [0.29, 0.717) is 11.5 Å². The Morgan fingerprint density at radius 3 is 2.44 bits per heavy atom. The van der Waals surface area contributed by atoms with E-state index in [2.05, 4.69) is 35.0 Å². The Bertz CT molecular complexity index is 906. The zero-order valence-corrected chi connectivity index (χ0v) is 17.8. The number of ether oxygens (including phenoxy) is 1. The van der Waals surface area contributed by atoms with Crippen molar-refractivity contribution < 1.29 is 14.3 Å². The number of hydrogen-bond acceptors (Lipinski definition) is 4. The molecule has 1 aliphatic rings. The SMILES string of the molecule is Cc1ccc(COc2ccc(/C=C3\SC(=O)N(C(C)C)C3=O)cc2Br)cc1. The number of aryl methyl sites for hydroxylation is 1. The van der Waals surface area contributed by atoms with Crippen LogP contribution in [0.2, 0.25) is 0 Å². The minimum absolute atomic E-state index is 0.146. The Morgan fingerprint density at radius 1 is 1.15 bits per heavy atom. The average molecular weight is 446 g/mol. The number of amides is 2. The molecule has 4 nitrogen and oxygen atoms in total. The normalized spacial score (nSPS) is 15.9. The number of hydrogen-bond donors (Lipinski definition) is 0. The summed E-state index contributed by atoms with van der Waals surface area (Å²) in [6.07, 6.45) is 1.74. The summed E-state index contributed by atoms with van der Waals surface area (Å²) in [5.74, 6) is 0.485. The topological polar surface area (TPSA) is 46.6 Å². The largest absolute Gasteiger partial charge is 0.488 e. The predicted molar refractivity (Wildman–Crippen MR) is 113 cm³/mol. The van der Waals surface area contributed by atoms with Gasteiger partial charge in [-0.3, -0.25) is 14.5 Å². The highest BCUT2D eigenvalue weighted by Gasteiger charge is 2.36. The summed E-state index contributed by atoms with van der Waals surface area (Å²) in [7, 11) is 0. The number of halogens is 1. The Hall–Kier alpha value is -2.05. The van der Waals surface area contributed by atoms with E-state index in [-0.39, 0.29) is 17.2 Å². The van der Waals surface area contributed by atoms with Gasteiger partial charge < -0.3 is 4.74 Å². The second-order valence-electron chi connectivity index (χ2n) is 6.61. The Labute approximate surface area is 171 Å². The van der Waals surface area contributed by atoms with Crippen LogP contribution in [-0.2, 0) is 11.4 Å². The fraction of sp³-hybridized carbons (Fsp3) is 0.238. The first-order valence-electron chi connectivity index (χ1n) is 8.60. The smallest absolute Gasteiger partial charge is 0.293 e. The van der Waals surface area contributed by atoms with Crippen molar-refractivity contribution in [3.05, 3.63) is 68.5 Å². The summed E-state index contributed by atoms with van der Waals surface area (Å²) in [6, 6.07) is 13.7. The highest BCUT2D eigenvalue weighted by atomic mass is 79.9. The molecule has 0 N–H and O–H groups in total. The maximum atomic E-state index is 12.4. The molecule has 0 bridgehead atoms. The summed E-state index contributed by atoms with van der Waals surface area (Å²) in [5.41, 5.74) is 3.14. The van der Waals surface area contributed by atoms with Gasteiger partial charge in [0, 0.05) is 6.04 Å². The van der Waals surface area contributed by atoms with Crippen molar-refractivity contribution in [3.8, 4) is 5.75 Å². The molecule has 0 aromatic heterocycles. The number of nitrogens with zero attached hydrogens (tertiary/aromatic N) is 1. The highest BCUT2D eigenvalue weighted by Crippen LogP contribution is 2.35. The lowest BCUT2D eigenvalue weighted by atomic mass is 10.1. The lowest BCUT2D eigenvalue weighted by Crippen LogP contribution is -2.34. The lowest BCUT2D eigenvalue weighted by Gasteiger charge is -2.16. The number of carbonyl (C=O) groups is 2. The third-order valence-corrected chi connectivity index (χ3v) is 5.61. The quantitative estimate of drug-likeness (QED) is 0.547. The van der Waals surface area contributed by atoms with Crippen LogP contribution in [0.3, 0.4) is 0 Å². The first-order valence-corrected chi connectivity index (χ1v) is 10.2. The number of rotatable bonds is 5. The minimum atomic E-state index is -0.240. The van der Waals surface area contributed by atoms with Crippen LogP contribution in [0, 0.1) is 6.92 Å². The van der Waals surface area contributed by atoms with Crippen molar-refractivity contribution in [1.82, 2.24) is 4.90 Å². The number of carbonyl (C=O) groups excluding carboxylic acids is 2. The van der Waals surface area contributed by atoms with Crippen LogP contribution >= 0.6 is 27.7 Å². The van der Waals surface area contributed by atoms with E-state index in [9.17, 15) is 9.59 Å². The molecule has 2 amide bonds. The molecule has 0 radical (unpaired) electrons. The van der Waals surface area contributed by atoms with E-state index in [1.54, 1.807) is 6.08 Å². The van der Waals surface area contributed by atoms with Gasteiger partial charge in [0.1, 0.15) is 12.4 Å². The van der Waals surface area contributed by atoms with Gasteiger partial charge in [-0.1, -0.05) is 35.9 Å². The molecule has 1 fully saturated rings. The second-order valence-corrected chi connectivity index (χ2v) is 8.46. The molecule has 0 aliphatic carbocycles. The van der Waals surface area contributed by atoms with Crippen molar-refractivity contribution in [2.45, 2.75) is 33.4 Å². The molecule has 140 valence electrons. The van der Waals surface area contributed by atoms with Crippen molar-refractivity contribution in [2.24, 2.45) is 0 Å². The first kappa shape index (κ1) is 19.7. The third-order valence-electron chi connectivity index (χ3n) is 4.11. The van der Waals surface area contributed by atoms with Crippen molar-refractivity contribution in [3.63, 3.8) is 0 Å². The minimum Gasteiger partial charge on any atom is -0.488 e. The molecule has 2 aromatic carbocycles.